The largest absolute Gasteiger partial charge is 0.393 e. The van der Waals surface area contributed by atoms with Gasteiger partial charge in [0.15, 0.2) is 11.5 Å². The zero-order valence-corrected chi connectivity index (χ0v) is 34.2. The van der Waals surface area contributed by atoms with Crippen molar-refractivity contribution in [3.8, 4) is 0 Å². The minimum atomic E-state index is -0.788. The molecule has 3 rings (SSSR count). The maximum Gasteiger partial charge on any atom is 0.225 e. The zero-order chi connectivity index (χ0) is 38.8. The van der Waals surface area contributed by atoms with Gasteiger partial charge in [-0.2, -0.15) is 0 Å². The SMILES string of the molecule is CCC1CC(C)C2(NC1=O)OC(CC(O)C(C)CC/C=C/C=C(\C)C(O)C/C=C/C=C/C(O)C(C)C1OC(C)(OC)CCC1C(C)C)C(C)C=C2C. The van der Waals surface area contributed by atoms with Crippen LogP contribution in [-0.4, -0.2) is 70.4 Å². The smallest absolute Gasteiger partial charge is 0.225 e. The summed E-state index contributed by atoms with van der Waals surface area (Å²) in [5.74, 6) is 0.571. The third kappa shape index (κ3) is 11.5. The lowest BCUT2D eigenvalue weighted by Crippen LogP contribution is -2.64. The number of aliphatic hydroxyl groups excluding tert-OH is 3. The minimum Gasteiger partial charge on any atom is -0.393 e. The molecule has 52 heavy (non-hydrogen) atoms. The first-order valence-electron chi connectivity index (χ1n) is 20.1. The molecule has 8 nitrogen and oxygen atoms in total. The molecule has 8 heteroatoms. The van der Waals surface area contributed by atoms with Gasteiger partial charge in [-0.15, -0.1) is 0 Å². The van der Waals surface area contributed by atoms with E-state index in [9.17, 15) is 20.1 Å². The summed E-state index contributed by atoms with van der Waals surface area (Å²) in [5.41, 5.74) is 1.14. The molecular formula is C44H73NO7. The molecule has 296 valence electrons. The Kier molecular flexibility index (Phi) is 17.1. The van der Waals surface area contributed by atoms with E-state index in [0.717, 1.165) is 49.7 Å². The van der Waals surface area contributed by atoms with Gasteiger partial charge in [0.25, 0.3) is 0 Å². The van der Waals surface area contributed by atoms with E-state index in [1.807, 2.05) is 58.1 Å². The minimum absolute atomic E-state index is 0.0185. The monoisotopic (exact) mass is 728 g/mol. The molecule has 0 radical (unpaired) electrons. The fourth-order valence-corrected chi connectivity index (χ4v) is 8.28. The molecule has 3 aliphatic rings. The second-order valence-corrected chi connectivity index (χ2v) is 16.8. The highest BCUT2D eigenvalue weighted by atomic mass is 16.7. The molecule has 0 saturated carbocycles. The van der Waals surface area contributed by atoms with Gasteiger partial charge < -0.3 is 34.8 Å². The molecule has 13 atom stereocenters. The summed E-state index contributed by atoms with van der Waals surface area (Å²) < 4.78 is 18.7. The van der Waals surface area contributed by atoms with E-state index in [-0.39, 0.29) is 47.7 Å². The molecule has 0 aromatic carbocycles. The molecule has 0 aliphatic carbocycles. The molecule has 2 saturated heterocycles. The highest BCUT2D eigenvalue weighted by Gasteiger charge is 2.51. The second kappa shape index (κ2) is 20.0. The molecule has 3 aliphatic heterocycles. The van der Waals surface area contributed by atoms with Crippen LogP contribution in [0, 0.1) is 41.4 Å². The molecule has 3 heterocycles. The number of carbonyl (C=O) groups is 1. The van der Waals surface area contributed by atoms with E-state index in [1.165, 1.54) is 0 Å². The summed E-state index contributed by atoms with van der Waals surface area (Å²) >= 11 is 0. The van der Waals surface area contributed by atoms with Crippen LogP contribution in [0.25, 0.3) is 0 Å². The van der Waals surface area contributed by atoms with Gasteiger partial charge in [0.2, 0.25) is 5.91 Å². The van der Waals surface area contributed by atoms with Crippen LogP contribution < -0.4 is 5.32 Å². The fraction of sp³-hybridized carbons (Fsp3) is 0.750. The Labute approximate surface area is 315 Å². The van der Waals surface area contributed by atoms with Gasteiger partial charge >= 0.3 is 0 Å². The fourth-order valence-electron chi connectivity index (χ4n) is 8.28. The molecule has 13 unspecified atom stereocenters. The lowest BCUT2D eigenvalue weighted by molar-refractivity contribution is -0.286. The van der Waals surface area contributed by atoms with Crippen molar-refractivity contribution in [2.75, 3.05) is 7.11 Å². The van der Waals surface area contributed by atoms with Crippen molar-refractivity contribution in [3.63, 3.8) is 0 Å². The number of carbonyl (C=O) groups excluding carboxylic acids is 1. The quantitative estimate of drug-likeness (QED) is 0.0882. The number of ether oxygens (including phenoxy) is 3. The van der Waals surface area contributed by atoms with Crippen LogP contribution in [0.15, 0.2) is 59.8 Å². The average molecular weight is 728 g/mol. The van der Waals surface area contributed by atoms with Crippen molar-refractivity contribution in [2.45, 2.75) is 163 Å². The predicted octanol–water partition coefficient (Wildman–Crippen LogP) is 8.19. The molecular weight excluding hydrogens is 654 g/mol. The third-order valence-electron chi connectivity index (χ3n) is 12.5. The highest BCUT2D eigenvalue weighted by Crippen LogP contribution is 2.43. The van der Waals surface area contributed by atoms with Crippen LogP contribution in [0.5, 0.6) is 0 Å². The highest BCUT2D eigenvalue weighted by molar-refractivity contribution is 5.81. The van der Waals surface area contributed by atoms with Crippen molar-refractivity contribution in [1.82, 2.24) is 5.32 Å². The number of hydrogen-bond acceptors (Lipinski definition) is 7. The number of allylic oxidation sites excluding steroid dienone is 5. The summed E-state index contributed by atoms with van der Waals surface area (Å²) in [6.45, 7) is 20.8. The van der Waals surface area contributed by atoms with Gasteiger partial charge in [-0.05, 0) is 88.2 Å². The summed E-state index contributed by atoms with van der Waals surface area (Å²) in [6, 6.07) is 0. The molecule has 4 N–H and O–H groups in total. The Bertz CT molecular complexity index is 1290. The number of amides is 1. The first kappa shape index (κ1) is 44.3. The van der Waals surface area contributed by atoms with Crippen LogP contribution in [0.2, 0.25) is 0 Å². The lowest BCUT2D eigenvalue weighted by Gasteiger charge is -2.51. The van der Waals surface area contributed by atoms with Crippen molar-refractivity contribution in [2.24, 2.45) is 41.4 Å². The lowest BCUT2D eigenvalue weighted by atomic mass is 9.75. The van der Waals surface area contributed by atoms with Crippen LogP contribution in [-0.2, 0) is 19.0 Å². The molecule has 0 bridgehead atoms. The zero-order valence-electron chi connectivity index (χ0n) is 34.2. The van der Waals surface area contributed by atoms with E-state index < -0.39 is 29.8 Å². The Morgan fingerprint density at radius 1 is 1.10 bits per heavy atom. The van der Waals surface area contributed by atoms with Gasteiger partial charge in [0, 0.05) is 43.6 Å². The average Bonchev–Trinajstić information content (AvgIpc) is 3.10. The maximum absolute atomic E-state index is 12.8. The third-order valence-corrected chi connectivity index (χ3v) is 12.5. The normalized spacial score (nSPS) is 34.9. The second-order valence-electron chi connectivity index (χ2n) is 16.8. The summed E-state index contributed by atoms with van der Waals surface area (Å²) in [7, 11) is 1.68. The Balaban J connectivity index is 1.43. The van der Waals surface area contributed by atoms with E-state index in [2.05, 4.69) is 59.0 Å². The molecule has 1 spiro atoms. The number of piperidine rings is 1. The van der Waals surface area contributed by atoms with Crippen molar-refractivity contribution in [1.29, 1.82) is 0 Å². The number of hydrogen-bond donors (Lipinski definition) is 4. The first-order valence-corrected chi connectivity index (χ1v) is 20.1. The first-order chi connectivity index (χ1) is 24.5. The number of aliphatic hydroxyl groups is 3. The molecule has 1 amide bonds. The number of rotatable bonds is 17. The van der Waals surface area contributed by atoms with Gasteiger partial charge in [-0.3, -0.25) is 4.79 Å². The van der Waals surface area contributed by atoms with Crippen LogP contribution in [0.3, 0.4) is 0 Å². The van der Waals surface area contributed by atoms with Crippen molar-refractivity contribution < 1.29 is 34.3 Å². The standard InChI is InChI=1S/C44H73NO7/c1-12-35-26-33(8)44(45-42(35)49)32(7)25-31(6)40(51-44)27-39(48)30(5)20-16-13-15-19-29(4)37(46)21-17-14-18-22-38(47)34(9)41-36(28(2)3)23-24-43(10,50-11)52-41/h13-15,17-19,22,25,28,30-31,33-41,46-48H,12,16,20-21,23-24,26-27H2,1-11H3,(H,45,49)/b15-13+,17-14+,22-18+,29-19+. The van der Waals surface area contributed by atoms with Gasteiger partial charge in [-0.1, -0.05) is 97.1 Å². The summed E-state index contributed by atoms with van der Waals surface area (Å²) in [4.78, 5) is 12.8. The Hall–Kier alpha value is -2.07. The molecule has 0 aromatic rings. The number of nitrogens with one attached hydrogen (secondary N) is 1. The van der Waals surface area contributed by atoms with Gasteiger partial charge in [-0.25, -0.2) is 0 Å². The van der Waals surface area contributed by atoms with E-state index in [4.69, 9.17) is 14.2 Å². The van der Waals surface area contributed by atoms with Crippen LogP contribution in [0.1, 0.15) is 121 Å². The van der Waals surface area contributed by atoms with Crippen molar-refractivity contribution in [3.05, 3.63) is 59.8 Å². The maximum atomic E-state index is 12.8. The van der Waals surface area contributed by atoms with E-state index in [0.29, 0.717) is 24.7 Å². The summed E-state index contributed by atoms with van der Waals surface area (Å²) in [5, 5.41) is 36.0. The Morgan fingerprint density at radius 3 is 2.46 bits per heavy atom. The summed E-state index contributed by atoms with van der Waals surface area (Å²) in [6.07, 6.45) is 19.7. The Morgan fingerprint density at radius 2 is 1.81 bits per heavy atom. The molecule has 0 aromatic heterocycles. The van der Waals surface area contributed by atoms with Gasteiger partial charge in [0.05, 0.1) is 30.5 Å². The van der Waals surface area contributed by atoms with Crippen molar-refractivity contribution >= 4 is 5.91 Å². The van der Waals surface area contributed by atoms with Crippen LogP contribution in [0.4, 0.5) is 0 Å². The molecule has 2 fully saturated rings. The van der Waals surface area contributed by atoms with Gasteiger partial charge in [0.1, 0.15) is 0 Å². The topological polar surface area (TPSA) is 117 Å². The number of methoxy groups -OCH3 is 1. The van der Waals surface area contributed by atoms with E-state index >= 15 is 0 Å². The van der Waals surface area contributed by atoms with E-state index in [1.54, 1.807) is 13.2 Å². The van der Waals surface area contributed by atoms with Crippen LogP contribution >= 0.6 is 0 Å². The predicted molar refractivity (Wildman–Crippen MR) is 210 cm³/mol.